The van der Waals surface area contributed by atoms with Crippen LogP contribution in [-0.4, -0.2) is 57.6 Å². The van der Waals surface area contributed by atoms with Crippen molar-refractivity contribution in [1.82, 2.24) is 19.6 Å². The van der Waals surface area contributed by atoms with E-state index >= 15 is 0 Å². The Bertz CT molecular complexity index is 1090. The molecule has 6 nitrogen and oxygen atoms in total. The molecule has 1 saturated heterocycles. The molecule has 0 unspecified atom stereocenters. The van der Waals surface area contributed by atoms with Gasteiger partial charge in [-0.2, -0.15) is 5.10 Å². The molecule has 8 heteroatoms. The lowest BCUT2D eigenvalue weighted by atomic mass is 10.1. The van der Waals surface area contributed by atoms with E-state index in [0.717, 1.165) is 5.56 Å². The molecule has 2 heterocycles. The van der Waals surface area contributed by atoms with E-state index in [0.29, 0.717) is 31.9 Å². The number of hydrogen-bond acceptors (Lipinski definition) is 3. The van der Waals surface area contributed by atoms with Crippen LogP contribution in [0.15, 0.2) is 54.6 Å². The van der Waals surface area contributed by atoms with E-state index in [4.69, 9.17) is 0 Å². The summed E-state index contributed by atoms with van der Waals surface area (Å²) >= 11 is 0. The van der Waals surface area contributed by atoms with Crippen molar-refractivity contribution in [1.29, 1.82) is 0 Å². The van der Waals surface area contributed by atoms with Crippen molar-refractivity contribution in [2.75, 3.05) is 26.2 Å². The summed E-state index contributed by atoms with van der Waals surface area (Å²) in [7, 11) is 1.72. The van der Waals surface area contributed by atoms with Gasteiger partial charge < -0.3 is 9.80 Å². The summed E-state index contributed by atoms with van der Waals surface area (Å²) in [5.74, 6) is -1.50. The quantitative estimate of drug-likeness (QED) is 0.667. The maximum atomic E-state index is 13.9. The molecule has 0 radical (unpaired) electrons. The van der Waals surface area contributed by atoms with Crippen LogP contribution in [-0.2, 0) is 7.05 Å². The number of carbonyl (C=O) groups is 2. The summed E-state index contributed by atoms with van der Waals surface area (Å²) in [6.07, 6.45) is 0. The van der Waals surface area contributed by atoms with Crippen LogP contribution >= 0.6 is 0 Å². The Balaban J connectivity index is 1.44. The second-order valence-corrected chi connectivity index (χ2v) is 7.11. The molecule has 3 aromatic rings. The third kappa shape index (κ3) is 3.80. The molecule has 0 saturated carbocycles. The second-order valence-electron chi connectivity index (χ2n) is 7.11. The van der Waals surface area contributed by atoms with Crippen molar-refractivity contribution in [2.24, 2.45) is 7.05 Å². The molecule has 4 rings (SSSR count). The minimum Gasteiger partial charge on any atom is -0.335 e. The average molecular weight is 410 g/mol. The van der Waals surface area contributed by atoms with Crippen LogP contribution in [0.4, 0.5) is 8.78 Å². The van der Waals surface area contributed by atoms with Crippen molar-refractivity contribution in [3.8, 4) is 11.3 Å². The molecule has 154 valence electrons. The van der Waals surface area contributed by atoms with E-state index in [1.165, 1.54) is 30.3 Å². The Morgan fingerprint density at radius 2 is 1.47 bits per heavy atom. The van der Waals surface area contributed by atoms with Crippen LogP contribution in [0.2, 0.25) is 0 Å². The average Bonchev–Trinajstić information content (AvgIpc) is 3.15. The number of aromatic nitrogens is 2. The van der Waals surface area contributed by atoms with Gasteiger partial charge in [0.25, 0.3) is 11.8 Å². The molecule has 1 aliphatic heterocycles. The summed E-state index contributed by atoms with van der Waals surface area (Å²) < 4.78 is 28.6. The highest BCUT2D eigenvalue weighted by Crippen LogP contribution is 2.21. The maximum Gasteiger partial charge on any atom is 0.274 e. The molecule has 1 aromatic heterocycles. The predicted octanol–water partition coefficient (Wildman–Crippen LogP) is 2.96. The minimum atomic E-state index is -0.553. The molecule has 0 N–H and O–H groups in total. The van der Waals surface area contributed by atoms with Crippen molar-refractivity contribution >= 4 is 11.8 Å². The highest BCUT2D eigenvalue weighted by molar-refractivity contribution is 5.95. The summed E-state index contributed by atoms with van der Waals surface area (Å²) in [5.41, 5.74) is 1.77. The van der Waals surface area contributed by atoms with E-state index in [-0.39, 0.29) is 28.9 Å². The third-order valence-electron chi connectivity index (χ3n) is 5.20. The first kappa shape index (κ1) is 19.8. The Morgan fingerprint density at radius 1 is 0.867 bits per heavy atom. The number of piperazine rings is 1. The number of rotatable bonds is 3. The van der Waals surface area contributed by atoms with Crippen molar-refractivity contribution in [3.05, 3.63) is 77.5 Å². The largest absolute Gasteiger partial charge is 0.335 e. The van der Waals surface area contributed by atoms with Gasteiger partial charge in [-0.25, -0.2) is 8.78 Å². The number of nitrogens with zero attached hydrogens (tertiary/aromatic N) is 4. The molecule has 0 atom stereocenters. The number of benzene rings is 2. The summed E-state index contributed by atoms with van der Waals surface area (Å²) in [5, 5.41) is 4.30. The summed E-state index contributed by atoms with van der Waals surface area (Å²) in [6, 6.07) is 13.5. The van der Waals surface area contributed by atoms with Gasteiger partial charge in [0.15, 0.2) is 5.69 Å². The predicted molar refractivity (Wildman–Crippen MR) is 107 cm³/mol. The van der Waals surface area contributed by atoms with Gasteiger partial charge in [-0.3, -0.25) is 14.3 Å². The van der Waals surface area contributed by atoms with Gasteiger partial charge in [-0.1, -0.05) is 12.1 Å². The lowest BCUT2D eigenvalue weighted by molar-refractivity contribution is 0.0529. The first-order valence-corrected chi connectivity index (χ1v) is 9.57. The smallest absolute Gasteiger partial charge is 0.274 e. The van der Waals surface area contributed by atoms with E-state index in [1.807, 2.05) is 0 Å². The molecule has 0 spiro atoms. The Labute approximate surface area is 172 Å². The van der Waals surface area contributed by atoms with Crippen molar-refractivity contribution in [3.63, 3.8) is 0 Å². The van der Waals surface area contributed by atoms with E-state index < -0.39 is 5.82 Å². The maximum absolute atomic E-state index is 13.9. The summed E-state index contributed by atoms with van der Waals surface area (Å²) in [6.45, 7) is 1.30. The van der Waals surface area contributed by atoms with E-state index in [9.17, 15) is 18.4 Å². The standard InChI is InChI=1S/C22H20F2N4O2/c1-26-20(15-6-8-16(23)9-7-15)14-19(25-26)22(30)28-12-10-27(11-13-28)21(29)17-4-2-3-5-18(17)24/h2-9,14H,10-13H2,1H3. The Hall–Kier alpha value is -3.55. The monoisotopic (exact) mass is 410 g/mol. The van der Waals surface area contributed by atoms with Gasteiger partial charge in [0.2, 0.25) is 0 Å². The third-order valence-corrected chi connectivity index (χ3v) is 5.20. The lowest BCUT2D eigenvalue weighted by Crippen LogP contribution is -2.50. The fourth-order valence-electron chi connectivity index (χ4n) is 3.54. The topological polar surface area (TPSA) is 58.4 Å². The molecular weight excluding hydrogens is 390 g/mol. The van der Waals surface area contributed by atoms with Crippen LogP contribution in [0.5, 0.6) is 0 Å². The van der Waals surface area contributed by atoms with E-state index in [2.05, 4.69) is 5.10 Å². The Kier molecular flexibility index (Phi) is 5.31. The number of aryl methyl sites for hydroxylation is 1. The van der Waals surface area contributed by atoms with Gasteiger partial charge in [-0.05, 0) is 48.0 Å². The number of halogens is 2. The molecule has 30 heavy (non-hydrogen) atoms. The van der Waals surface area contributed by atoms with Crippen LogP contribution in [0.25, 0.3) is 11.3 Å². The van der Waals surface area contributed by atoms with Crippen LogP contribution in [0.3, 0.4) is 0 Å². The zero-order valence-electron chi connectivity index (χ0n) is 16.4. The van der Waals surface area contributed by atoms with Crippen LogP contribution < -0.4 is 0 Å². The fourth-order valence-corrected chi connectivity index (χ4v) is 3.54. The molecule has 0 bridgehead atoms. The van der Waals surface area contributed by atoms with Crippen molar-refractivity contribution < 1.29 is 18.4 Å². The minimum absolute atomic E-state index is 0.0333. The molecule has 1 aliphatic rings. The molecule has 2 amide bonds. The number of carbonyl (C=O) groups excluding carboxylic acids is 2. The van der Waals surface area contributed by atoms with Gasteiger partial charge >= 0.3 is 0 Å². The van der Waals surface area contributed by atoms with Gasteiger partial charge in [-0.15, -0.1) is 0 Å². The first-order chi connectivity index (χ1) is 14.4. The fraction of sp³-hybridized carbons (Fsp3) is 0.227. The SMILES string of the molecule is Cn1nc(C(=O)N2CCN(C(=O)c3ccccc3F)CC2)cc1-c1ccc(F)cc1. The lowest BCUT2D eigenvalue weighted by Gasteiger charge is -2.34. The van der Waals surface area contributed by atoms with Gasteiger partial charge in [0.05, 0.1) is 11.3 Å². The van der Waals surface area contributed by atoms with Crippen LogP contribution in [0.1, 0.15) is 20.8 Å². The van der Waals surface area contributed by atoms with Gasteiger partial charge in [0.1, 0.15) is 11.6 Å². The second kappa shape index (κ2) is 8.06. The molecule has 2 aromatic carbocycles. The van der Waals surface area contributed by atoms with Gasteiger partial charge in [0, 0.05) is 33.2 Å². The molecule has 0 aliphatic carbocycles. The zero-order chi connectivity index (χ0) is 21.3. The van der Waals surface area contributed by atoms with E-state index in [1.54, 1.807) is 45.8 Å². The summed E-state index contributed by atoms with van der Waals surface area (Å²) in [4.78, 5) is 28.6. The number of amides is 2. The number of hydrogen-bond donors (Lipinski definition) is 0. The highest BCUT2D eigenvalue weighted by atomic mass is 19.1. The highest BCUT2D eigenvalue weighted by Gasteiger charge is 2.28. The van der Waals surface area contributed by atoms with Crippen LogP contribution in [0, 0.1) is 11.6 Å². The molecule has 1 fully saturated rings. The first-order valence-electron chi connectivity index (χ1n) is 9.57. The van der Waals surface area contributed by atoms with Crippen molar-refractivity contribution in [2.45, 2.75) is 0 Å². The Morgan fingerprint density at radius 3 is 2.10 bits per heavy atom. The zero-order valence-corrected chi connectivity index (χ0v) is 16.4. The molecular formula is C22H20F2N4O2. The normalized spacial score (nSPS) is 14.1.